The summed E-state index contributed by atoms with van der Waals surface area (Å²) in [7, 11) is 0. The second kappa shape index (κ2) is 4.78. The molecule has 0 aliphatic heterocycles. The van der Waals surface area contributed by atoms with Gasteiger partial charge in [-0.2, -0.15) is 5.10 Å². The minimum absolute atomic E-state index is 1.06. The zero-order valence-electron chi connectivity index (χ0n) is 10.2. The molecular weight excluding hydrogens is 240 g/mol. The number of hydrogen-bond acceptors (Lipinski definition) is 2. The Morgan fingerprint density at radius 2 is 2.00 bits per heavy atom. The number of rotatable bonds is 3. The summed E-state index contributed by atoms with van der Waals surface area (Å²) < 4.78 is 1.94. The highest BCUT2D eigenvalue weighted by molar-refractivity contribution is 7.16. The van der Waals surface area contributed by atoms with E-state index >= 15 is 0 Å². The molecule has 90 valence electrons. The zero-order chi connectivity index (χ0) is 12.4. The van der Waals surface area contributed by atoms with Crippen LogP contribution in [0.15, 0.2) is 54.9 Å². The fraction of sp³-hybridized carbons (Fsp3) is 0.133. The molecule has 2 aromatic heterocycles. The zero-order valence-corrected chi connectivity index (χ0v) is 11.0. The SMILES string of the molecule is CCc1cc(-n2cccn2)c(-c2ccccc2)s1. The third-order valence-electron chi connectivity index (χ3n) is 2.90. The smallest absolute Gasteiger partial charge is 0.0834 e. The minimum atomic E-state index is 1.06. The molecule has 2 nitrogen and oxygen atoms in total. The fourth-order valence-corrected chi connectivity index (χ4v) is 3.07. The Morgan fingerprint density at radius 1 is 1.17 bits per heavy atom. The van der Waals surface area contributed by atoms with Gasteiger partial charge in [-0.3, -0.25) is 0 Å². The van der Waals surface area contributed by atoms with E-state index in [9.17, 15) is 0 Å². The largest absolute Gasteiger partial charge is 0.239 e. The number of nitrogens with zero attached hydrogens (tertiary/aromatic N) is 2. The van der Waals surface area contributed by atoms with Crippen molar-refractivity contribution >= 4 is 11.3 Å². The number of benzene rings is 1. The summed E-state index contributed by atoms with van der Waals surface area (Å²) in [6.45, 7) is 2.19. The van der Waals surface area contributed by atoms with Crippen molar-refractivity contribution in [3.8, 4) is 16.1 Å². The van der Waals surface area contributed by atoms with Crippen LogP contribution >= 0.6 is 11.3 Å². The average molecular weight is 254 g/mol. The topological polar surface area (TPSA) is 17.8 Å². The van der Waals surface area contributed by atoms with Crippen LogP contribution in [0.25, 0.3) is 16.1 Å². The molecule has 0 atom stereocenters. The molecule has 0 amide bonds. The van der Waals surface area contributed by atoms with E-state index < -0.39 is 0 Å². The maximum atomic E-state index is 4.34. The molecule has 0 saturated carbocycles. The first kappa shape index (κ1) is 11.2. The first-order valence-electron chi connectivity index (χ1n) is 6.06. The van der Waals surface area contributed by atoms with Crippen molar-refractivity contribution < 1.29 is 0 Å². The summed E-state index contributed by atoms with van der Waals surface area (Å²) in [6.07, 6.45) is 4.87. The highest BCUT2D eigenvalue weighted by atomic mass is 32.1. The van der Waals surface area contributed by atoms with Crippen LogP contribution in [0.3, 0.4) is 0 Å². The van der Waals surface area contributed by atoms with E-state index in [0.717, 1.165) is 6.42 Å². The molecule has 18 heavy (non-hydrogen) atoms. The van der Waals surface area contributed by atoms with Crippen molar-refractivity contribution in [3.05, 3.63) is 59.7 Å². The van der Waals surface area contributed by atoms with Crippen molar-refractivity contribution in [2.45, 2.75) is 13.3 Å². The van der Waals surface area contributed by atoms with E-state index in [1.54, 1.807) is 0 Å². The second-order valence-corrected chi connectivity index (χ2v) is 5.23. The Bertz CT molecular complexity index is 624. The molecule has 0 N–H and O–H groups in total. The van der Waals surface area contributed by atoms with Crippen molar-refractivity contribution in [1.29, 1.82) is 0 Å². The van der Waals surface area contributed by atoms with Crippen molar-refractivity contribution in [3.63, 3.8) is 0 Å². The lowest BCUT2D eigenvalue weighted by Crippen LogP contribution is -1.93. The first-order chi connectivity index (χ1) is 8.88. The Kier molecular flexibility index (Phi) is 2.99. The molecule has 0 aliphatic rings. The summed E-state index contributed by atoms with van der Waals surface area (Å²) in [5.74, 6) is 0. The Balaban J connectivity index is 2.17. The van der Waals surface area contributed by atoms with Crippen LogP contribution in [0, 0.1) is 0 Å². The number of thiophene rings is 1. The van der Waals surface area contributed by atoms with Gasteiger partial charge < -0.3 is 0 Å². The highest BCUT2D eigenvalue weighted by Gasteiger charge is 2.11. The summed E-state index contributed by atoms with van der Waals surface area (Å²) in [4.78, 5) is 2.68. The number of aromatic nitrogens is 2. The molecule has 1 aromatic carbocycles. The molecule has 3 aromatic rings. The van der Waals surface area contributed by atoms with Crippen LogP contribution in [-0.2, 0) is 6.42 Å². The van der Waals surface area contributed by atoms with Gasteiger partial charge in [0.1, 0.15) is 0 Å². The van der Waals surface area contributed by atoms with Gasteiger partial charge in [0.15, 0.2) is 0 Å². The molecule has 0 unspecified atom stereocenters. The van der Waals surface area contributed by atoms with E-state index in [1.165, 1.54) is 21.0 Å². The van der Waals surface area contributed by atoms with E-state index in [1.807, 2.05) is 40.5 Å². The summed E-state index contributed by atoms with van der Waals surface area (Å²) in [5.41, 5.74) is 2.43. The number of hydrogen-bond donors (Lipinski definition) is 0. The van der Waals surface area contributed by atoms with Gasteiger partial charge >= 0.3 is 0 Å². The third kappa shape index (κ3) is 1.97. The van der Waals surface area contributed by atoms with Crippen LogP contribution in [0.2, 0.25) is 0 Å². The van der Waals surface area contributed by atoms with Crippen molar-refractivity contribution in [1.82, 2.24) is 9.78 Å². The molecule has 3 heteroatoms. The minimum Gasteiger partial charge on any atom is -0.239 e. The summed E-state index contributed by atoms with van der Waals surface area (Å²) in [6, 6.07) is 14.7. The van der Waals surface area contributed by atoms with E-state index in [-0.39, 0.29) is 0 Å². The van der Waals surface area contributed by atoms with Crippen molar-refractivity contribution in [2.24, 2.45) is 0 Å². The highest BCUT2D eigenvalue weighted by Crippen LogP contribution is 2.35. The lowest BCUT2D eigenvalue weighted by Gasteiger charge is -2.03. The summed E-state index contributed by atoms with van der Waals surface area (Å²) >= 11 is 1.85. The molecule has 0 bridgehead atoms. The molecule has 0 fully saturated rings. The predicted octanol–water partition coefficient (Wildman–Crippen LogP) is 4.16. The molecule has 0 aliphatic carbocycles. The van der Waals surface area contributed by atoms with Crippen LogP contribution in [0.4, 0.5) is 0 Å². The summed E-state index contributed by atoms with van der Waals surface area (Å²) in [5, 5.41) is 4.34. The van der Waals surface area contributed by atoms with Gasteiger partial charge in [0, 0.05) is 17.3 Å². The Morgan fingerprint density at radius 3 is 2.67 bits per heavy atom. The lowest BCUT2D eigenvalue weighted by atomic mass is 10.1. The van der Waals surface area contributed by atoms with Gasteiger partial charge in [0.2, 0.25) is 0 Å². The predicted molar refractivity (Wildman–Crippen MR) is 76.3 cm³/mol. The van der Waals surface area contributed by atoms with Crippen LogP contribution in [0.1, 0.15) is 11.8 Å². The van der Waals surface area contributed by atoms with E-state index in [4.69, 9.17) is 0 Å². The molecule has 0 spiro atoms. The molecular formula is C15H14N2S. The molecule has 3 rings (SSSR count). The van der Waals surface area contributed by atoms with Gasteiger partial charge in [-0.15, -0.1) is 11.3 Å². The van der Waals surface area contributed by atoms with Gasteiger partial charge in [-0.05, 0) is 24.1 Å². The van der Waals surface area contributed by atoms with Crippen molar-refractivity contribution in [2.75, 3.05) is 0 Å². The normalized spacial score (nSPS) is 10.7. The van der Waals surface area contributed by atoms with Gasteiger partial charge in [0.05, 0.1) is 10.6 Å². The van der Waals surface area contributed by atoms with Gasteiger partial charge in [-0.25, -0.2) is 4.68 Å². The fourth-order valence-electron chi connectivity index (χ4n) is 1.98. The average Bonchev–Trinajstić information content (AvgIpc) is 3.08. The van der Waals surface area contributed by atoms with E-state index in [0.29, 0.717) is 0 Å². The lowest BCUT2D eigenvalue weighted by molar-refractivity contribution is 0.884. The third-order valence-corrected chi connectivity index (χ3v) is 4.22. The standard InChI is InChI=1S/C15H14N2S/c1-2-13-11-14(17-10-6-9-16-17)15(18-13)12-7-4-3-5-8-12/h3-11H,2H2,1H3. The van der Waals surface area contributed by atoms with Gasteiger partial charge in [0.25, 0.3) is 0 Å². The van der Waals surface area contributed by atoms with Crippen LogP contribution in [0.5, 0.6) is 0 Å². The van der Waals surface area contributed by atoms with Crippen LogP contribution < -0.4 is 0 Å². The Labute approximate surface area is 111 Å². The molecule has 2 heterocycles. The molecule has 0 radical (unpaired) electrons. The van der Waals surface area contributed by atoms with Crippen LogP contribution in [-0.4, -0.2) is 9.78 Å². The maximum absolute atomic E-state index is 4.34. The Hall–Kier alpha value is -1.87. The monoisotopic (exact) mass is 254 g/mol. The van der Waals surface area contributed by atoms with E-state index in [2.05, 4.69) is 42.4 Å². The quantitative estimate of drug-likeness (QED) is 0.686. The maximum Gasteiger partial charge on any atom is 0.0834 e. The van der Waals surface area contributed by atoms with Gasteiger partial charge in [-0.1, -0.05) is 37.3 Å². The first-order valence-corrected chi connectivity index (χ1v) is 6.88. The molecule has 0 saturated heterocycles. The number of aryl methyl sites for hydroxylation is 1. The second-order valence-electron chi connectivity index (χ2n) is 4.10.